The van der Waals surface area contributed by atoms with E-state index in [-0.39, 0.29) is 23.9 Å². The summed E-state index contributed by atoms with van der Waals surface area (Å²) in [5.74, 6) is 0.305. The molecular formula is C16H33N3O. The zero-order valence-corrected chi connectivity index (χ0v) is 14.1. The predicted octanol–water partition coefficient (Wildman–Crippen LogP) is 2.08. The van der Waals surface area contributed by atoms with Gasteiger partial charge in [-0.3, -0.25) is 4.79 Å². The molecule has 2 N–H and O–H groups in total. The molecule has 0 saturated heterocycles. The molecule has 118 valence electrons. The summed E-state index contributed by atoms with van der Waals surface area (Å²) >= 11 is 0. The summed E-state index contributed by atoms with van der Waals surface area (Å²) in [6, 6.07) is 0.575. The summed E-state index contributed by atoms with van der Waals surface area (Å²) in [5, 5.41) is 0. The molecule has 0 heterocycles. The summed E-state index contributed by atoms with van der Waals surface area (Å²) in [5.41, 5.74) is 6.12. The van der Waals surface area contributed by atoms with E-state index in [1.807, 2.05) is 13.8 Å². The molecule has 1 aliphatic rings. The third-order valence-electron chi connectivity index (χ3n) is 4.53. The molecule has 0 aliphatic heterocycles. The van der Waals surface area contributed by atoms with Crippen LogP contribution in [0, 0.1) is 5.92 Å². The predicted molar refractivity (Wildman–Crippen MR) is 84.5 cm³/mol. The van der Waals surface area contributed by atoms with Crippen LogP contribution in [0.25, 0.3) is 0 Å². The van der Waals surface area contributed by atoms with E-state index in [2.05, 4.69) is 37.7 Å². The first-order valence-electron chi connectivity index (χ1n) is 8.01. The molecule has 0 radical (unpaired) electrons. The normalized spacial score (nSPS) is 25.3. The standard InChI is InChI=1S/C16H33N3O/c1-11(2)15(17)16(20)19(12(3)4)14-10-8-7-9-13(14)18(5)6/h11-15H,7-10,17H2,1-6H3/t13?,14-,15?/m0/s1. The number of nitrogens with two attached hydrogens (primary N) is 1. The summed E-state index contributed by atoms with van der Waals surface area (Å²) in [6.07, 6.45) is 4.74. The SMILES string of the molecule is CC(C)C(N)C(=O)N(C(C)C)[C@H]1CCCCC1N(C)C. The molecule has 1 fully saturated rings. The molecule has 1 amide bonds. The van der Waals surface area contributed by atoms with Crippen molar-refractivity contribution >= 4 is 5.91 Å². The highest BCUT2D eigenvalue weighted by atomic mass is 16.2. The highest BCUT2D eigenvalue weighted by Gasteiger charge is 2.37. The van der Waals surface area contributed by atoms with Gasteiger partial charge in [0.1, 0.15) is 0 Å². The summed E-state index contributed by atoms with van der Waals surface area (Å²) in [7, 11) is 4.24. The van der Waals surface area contributed by atoms with E-state index in [0.717, 1.165) is 6.42 Å². The van der Waals surface area contributed by atoms with Gasteiger partial charge in [0, 0.05) is 18.1 Å². The molecule has 0 aromatic heterocycles. The smallest absolute Gasteiger partial charge is 0.240 e. The maximum absolute atomic E-state index is 12.8. The Balaban J connectivity index is 2.96. The van der Waals surface area contributed by atoms with E-state index < -0.39 is 0 Å². The number of carbonyl (C=O) groups excluding carboxylic acids is 1. The van der Waals surface area contributed by atoms with Gasteiger partial charge in [0.05, 0.1) is 6.04 Å². The quantitative estimate of drug-likeness (QED) is 0.840. The van der Waals surface area contributed by atoms with Crippen molar-refractivity contribution < 1.29 is 4.79 Å². The van der Waals surface area contributed by atoms with Gasteiger partial charge in [0.25, 0.3) is 0 Å². The molecule has 4 heteroatoms. The number of hydrogen-bond acceptors (Lipinski definition) is 3. The summed E-state index contributed by atoms with van der Waals surface area (Å²) in [6.45, 7) is 8.25. The number of nitrogens with zero attached hydrogens (tertiary/aromatic N) is 2. The van der Waals surface area contributed by atoms with E-state index in [1.165, 1.54) is 19.3 Å². The van der Waals surface area contributed by atoms with Gasteiger partial charge >= 0.3 is 0 Å². The van der Waals surface area contributed by atoms with Crippen molar-refractivity contribution in [3.05, 3.63) is 0 Å². The van der Waals surface area contributed by atoms with Gasteiger partial charge in [0.2, 0.25) is 5.91 Å². The van der Waals surface area contributed by atoms with Gasteiger partial charge < -0.3 is 15.5 Å². The van der Waals surface area contributed by atoms with Crippen molar-refractivity contribution in [2.24, 2.45) is 11.7 Å². The second kappa shape index (κ2) is 7.41. The lowest BCUT2D eigenvalue weighted by molar-refractivity contribution is -0.140. The minimum Gasteiger partial charge on any atom is -0.334 e. The molecule has 1 saturated carbocycles. The van der Waals surface area contributed by atoms with Gasteiger partial charge in [0.15, 0.2) is 0 Å². The molecule has 1 rings (SSSR count). The lowest BCUT2D eigenvalue weighted by Crippen LogP contribution is -2.59. The molecular weight excluding hydrogens is 250 g/mol. The first kappa shape index (κ1) is 17.4. The molecule has 3 atom stereocenters. The first-order chi connectivity index (χ1) is 9.27. The largest absolute Gasteiger partial charge is 0.334 e. The topological polar surface area (TPSA) is 49.6 Å². The molecule has 0 aromatic carbocycles. The highest BCUT2D eigenvalue weighted by molar-refractivity contribution is 5.82. The zero-order chi connectivity index (χ0) is 15.4. The highest BCUT2D eigenvalue weighted by Crippen LogP contribution is 2.28. The Morgan fingerprint density at radius 2 is 1.55 bits per heavy atom. The Morgan fingerprint density at radius 3 is 1.95 bits per heavy atom. The van der Waals surface area contributed by atoms with Gasteiger partial charge in [-0.05, 0) is 46.7 Å². The monoisotopic (exact) mass is 283 g/mol. The van der Waals surface area contributed by atoms with Crippen LogP contribution in [0.3, 0.4) is 0 Å². The van der Waals surface area contributed by atoms with E-state index >= 15 is 0 Å². The van der Waals surface area contributed by atoms with Crippen LogP contribution in [0.15, 0.2) is 0 Å². The minimum atomic E-state index is -0.387. The van der Waals surface area contributed by atoms with Crippen LogP contribution in [-0.4, -0.2) is 54.0 Å². The number of hydrogen-bond donors (Lipinski definition) is 1. The average Bonchev–Trinajstić information content (AvgIpc) is 2.37. The second-order valence-corrected chi connectivity index (χ2v) is 6.99. The molecule has 1 aliphatic carbocycles. The molecule has 2 unspecified atom stereocenters. The Kier molecular flexibility index (Phi) is 6.46. The van der Waals surface area contributed by atoms with Crippen LogP contribution in [0.4, 0.5) is 0 Å². The first-order valence-corrected chi connectivity index (χ1v) is 8.01. The van der Waals surface area contributed by atoms with Crippen molar-refractivity contribution in [1.29, 1.82) is 0 Å². The number of amides is 1. The maximum Gasteiger partial charge on any atom is 0.240 e. The average molecular weight is 283 g/mol. The Labute approximate surface area is 124 Å². The zero-order valence-electron chi connectivity index (χ0n) is 14.1. The third kappa shape index (κ3) is 3.95. The van der Waals surface area contributed by atoms with E-state index in [0.29, 0.717) is 12.1 Å². The summed E-state index contributed by atoms with van der Waals surface area (Å²) < 4.78 is 0. The lowest BCUT2D eigenvalue weighted by Gasteiger charge is -2.45. The van der Waals surface area contributed by atoms with Crippen LogP contribution >= 0.6 is 0 Å². The third-order valence-corrected chi connectivity index (χ3v) is 4.53. The molecule has 0 bridgehead atoms. The van der Waals surface area contributed by atoms with Gasteiger partial charge in [-0.15, -0.1) is 0 Å². The van der Waals surface area contributed by atoms with Crippen LogP contribution in [0.2, 0.25) is 0 Å². The van der Waals surface area contributed by atoms with Gasteiger partial charge in [-0.2, -0.15) is 0 Å². The van der Waals surface area contributed by atoms with Crippen LogP contribution in [0.1, 0.15) is 53.4 Å². The van der Waals surface area contributed by atoms with E-state index in [1.54, 1.807) is 0 Å². The lowest BCUT2D eigenvalue weighted by atomic mass is 9.87. The van der Waals surface area contributed by atoms with Gasteiger partial charge in [-0.25, -0.2) is 0 Å². The maximum atomic E-state index is 12.8. The van der Waals surface area contributed by atoms with Crippen molar-refractivity contribution in [2.45, 2.75) is 77.5 Å². The van der Waals surface area contributed by atoms with Crippen LogP contribution in [-0.2, 0) is 4.79 Å². The number of rotatable bonds is 5. The fraction of sp³-hybridized carbons (Fsp3) is 0.938. The van der Waals surface area contributed by atoms with E-state index in [9.17, 15) is 4.79 Å². The molecule has 20 heavy (non-hydrogen) atoms. The fourth-order valence-electron chi connectivity index (χ4n) is 3.28. The van der Waals surface area contributed by atoms with Crippen LogP contribution < -0.4 is 5.73 Å². The summed E-state index contributed by atoms with van der Waals surface area (Å²) in [4.78, 5) is 17.1. The fourth-order valence-corrected chi connectivity index (χ4v) is 3.28. The van der Waals surface area contributed by atoms with Crippen molar-refractivity contribution in [3.63, 3.8) is 0 Å². The minimum absolute atomic E-state index is 0.119. The number of carbonyl (C=O) groups is 1. The van der Waals surface area contributed by atoms with Crippen molar-refractivity contribution in [3.8, 4) is 0 Å². The Hall–Kier alpha value is -0.610. The number of likely N-dealkylation sites (N-methyl/N-ethyl adjacent to an activating group) is 1. The van der Waals surface area contributed by atoms with Crippen LogP contribution in [0.5, 0.6) is 0 Å². The van der Waals surface area contributed by atoms with Gasteiger partial charge in [-0.1, -0.05) is 26.7 Å². The van der Waals surface area contributed by atoms with Crippen molar-refractivity contribution in [2.75, 3.05) is 14.1 Å². The second-order valence-electron chi connectivity index (χ2n) is 6.99. The Morgan fingerprint density at radius 1 is 1.05 bits per heavy atom. The Bertz CT molecular complexity index is 315. The molecule has 0 spiro atoms. The van der Waals surface area contributed by atoms with Crippen molar-refractivity contribution in [1.82, 2.24) is 9.80 Å². The van der Waals surface area contributed by atoms with E-state index in [4.69, 9.17) is 5.73 Å². The molecule has 0 aromatic rings. The molecule has 4 nitrogen and oxygen atoms in total.